The summed E-state index contributed by atoms with van der Waals surface area (Å²) in [7, 11) is 1.92. The van der Waals surface area contributed by atoms with Gasteiger partial charge in [0.25, 0.3) is 11.8 Å². The van der Waals surface area contributed by atoms with Crippen molar-refractivity contribution in [1.82, 2.24) is 14.8 Å². The van der Waals surface area contributed by atoms with E-state index in [0.717, 1.165) is 49.2 Å². The van der Waals surface area contributed by atoms with Crippen LogP contribution in [0, 0.1) is 5.41 Å². The lowest BCUT2D eigenvalue weighted by atomic mass is 9.59. The number of nitrogens with zero attached hydrogens (tertiary/aromatic N) is 2. The van der Waals surface area contributed by atoms with Gasteiger partial charge in [-0.15, -0.1) is 11.3 Å². The summed E-state index contributed by atoms with van der Waals surface area (Å²) in [5.41, 5.74) is 0.895. The summed E-state index contributed by atoms with van der Waals surface area (Å²) in [6, 6.07) is 5.90. The molecule has 1 aliphatic carbocycles. The molecule has 1 spiro atoms. The Bertz CT molecular complexity index is 772. The van der Waals surface area contributed by atoms with Crippen LogP contribution in [0.4, 0.5) is 0 Å². The number of likely N-dealkylation sites (tertiary alicyclic amines) is 1. The summed E-state index contributed by atoms with van der Waals surface area (Å²) in [5, 5.41) is 5.17. The predicted octanol–water partition coefficient (Wildman–Crippen LogP) is 2.90. The fourth-order valence-corrected chi connectivity index (χ4v) is 4.80. The van der Waals surface area contributed by atoms with Crippen molar-refractivity contribution in [2.75, 3.05) is 13.1 Å². The Kier molecular flexibility index (Phi) is 4.15. The van der Waals surface area contributed by atoms with Crippen LogP contribution in [0.3, 0.4) is 0 Å². The molecule has 0 aromatic carbocycles. The Labute approximate surface area is 151 Å². The minimum Gasteiger partial charge on any atom is -0.356 e. The first kappa shape index (κ1) is 16.4. The van der Waals surface area contributed by atoms with E-state index in [0.29, 0.717) is 0 Å². The Balaban J connectivity index is 1.36. The van der Waals surface area contributed by atoms with Crippen LogP contribution in [-0.2, 0) is 7.05 Å². The molecular formula is C19H23N3O2S. The average molecular weight is 357 g/mol. The number of piperidine rings is 1. The molecule has 3 heterocycles. The third-order valence-electron chi connectivity index (χ3n) is 5.85. The van der Waals surface area contributed by atoms with Gasteiger partial charge in [-0.1, -0.05) is 6.07 Å². The standard InChI is InChI=1S/C19H23N3O2S/c1-21-9-5-14(13-21)17(23)20-16-4-6-19(16)7-10-22(11-8-19)18(24)15-3-2-12-25-15/h2-3,5,9,12-13,16H,4,6-8,10-11H2,1H3,(H,20,23)/t16-/m0/s1. The van der Waals surface area contributed by atoms with Crippen molar-refractivity contribution in [1.29, 1.82) is 0 Å². The van der Waals surface area contributed by atoms with Crippen molar-refractivity contribution in [3.8, 4) is 0 Å². The summed E-state index contributed by atoms with van der Waals surface area (Å²) in [5.74, 6) is 0.163. The third kappa shape index (κ3) is 2.99. The zero-order valence-electron chi connectivity index (χ0n) is 14.4. The van der Waals surface area contributed by atoms with E-state index in [1.165, 1.54) is 11.3 Å². The first-order chi connectivity index (χ1) is 12.1. The topological polar surface area (TPSA) is 54.3 Å². The van der Waals surface area contributed by atoms with E-state index in [1.54, 1.807) is 0 Å². The van der Waals surface area contributed by atoms with Gasteiger partial charge in [-0.3, -0.25) is 9.59 Å². The van der Waals surface area contributed by atoms with Crippen LogP contribution >= 0.6 is 11.3 Å². The molecule has 1 saturated heterocycles. The van der Waals surface area contributed by atoms with Gasteiger partial charge in [0.1, 0.15) is 0 Å². The van der Waals surface area contributed by atoms with Gasteiger partial charge in [0, 0.05) is 38.6 Å². The van der Waals surface area contributed by atoms with E-state index in [-0.39, 0.29) is 23.3 Å². The molecule has 1 aliphatic heterocycles. The molecule has 2 aromatic heterocycles. The van der Waals surface area contributed by atoms with Crippen molar-refractivity contribution in [2.45, 2.75) is 31.7 Å². The molecule has 1 N–H and O–H groups in total. The quantitative estimate of drug-likeness (QED) is 0.918. The Morgan fingerprint density at radius 3 is 2.60 bits per heavy atom. The molecule has 5 nitrogen and oxygen atoms in total. The lowest BCUT2D eigenvalue weighted by Gasteiger charge is -2.54. The highest BCUT2D eigenvalue weighted by molar-refractivity contribution is 7.12. The third-order valence-corrected chi connectivity index (χ3v) is 6.71. The van der Waals surface area contributed by atoms with Crippen LogP contribution in [0.25, 0.3) is 0 Å². The summed E-state index contributed by atoms with van der Waals surface area (Å²) in [4.78, 5) is 27.7. The molecule has 1 atom stereocenters. The number of aryl methyl sites for hydroxylation is 1. The van der Waals surface area contributed by atoms with Gasteiger partial charge in [-0.25, -0.2) is 0 Å². The number of rotatable bonds is 3. The van der Waals surface area contributed by atoms with Crippen LogP contribution in [-0.4, -0.2) is 40.4 Å². The molecular weight excluding hydrogens is 334 g/mol. The first-order valence-corrected chi connectivity index (χ1v) is 9.71. The molecule has 6 heteroatoms. The van der Waals surface area contributed by atoms with Crippen LogP contribution in [0.1, 0.15) is 45.7 Å². The number of carbonyl (C=O) groups excluding carboxylic acids is 2. The van der Waals surface area contributed by atoms with Crippen molar-refractivity contribution in [2.24, 2.45) is 12.5 Å². The minimum absolute atomic E-state index is 0.0155. The smallest absolute Gasteiger partial charge is 0.263 e. The normalized spacial score (nSPS) is 21.8. The zero-order valence-corrected chi connectivity index (χ0v) is 15.2. The van der Waals surface area contributed by atoms with Gasteiger partial charge in [0.15, 0.2) is 0 Å². The number of hydrogen-bond donors (Lipinski definition) is 1. The maximum Gasteiger partial charge on any atom is 0.263 e. The van der Waals surface area contributed by atoms with Gasteiger partial charge in [-0.2, -0.15) is 0 Å². The number of thiophene rings is 1. The van der Waals surface area contributed by atoms with Crippen molar-refractivity contribution >= 4 is 23.2 Å². The van der Waals surface area contributed by atoms with E-state index < -0.39 is 0 Å². The molecule has 4 rings (SSSR count). The molecule has 25 heavy (non-hydrogen) atoms. The van der Waals surface area contributed by atoms with Crippen LogP contribution in [0.5, 0.6) is 0 Å². The second-order valence-corrected chi connectivity index (χ2v) is 8.21. The van der Waals surface area contributed by atoms with E-state index in [9.17, 15) is 9.59 Å². The SMILES string of the molecule is Cn1ccc(C(=O)N[C@H]2CCC23CCN(C(=O)c2cccs2)CC3)c1. The van der Waals surface area contributed by atoms with Gasteiger partial charge < -0.3 is 14.8 Å². The molecule has 0 unspecified atom stereocenters. The van der Waals surface area contributed by atoms with Crippen LogP contribution < -0.4 is 5.32 Å². The van der Waals surface area contributed by atoms with E-state index in [2.05, 4.69) is 5.32 Å². The lowest BCUT2D eigenvalue weighted by molar-refractivity contribution is -0.00217. The van der Waals surface area contributed by atoms with Crippen LogP contribution in [0.2, 0.25) is 0 Å². The van der Waals surface area contributed by atoms with Crippen LogP contribution in [0.15, 0.2) is 36.0 Å². The summed E-state index contributed by atoms with van der Waals surface area (Å²) in [6.07, 6.45) is 7.88. The van der Waals surface area contributed by atoms with Crippen molar-refractivity contribution in [3.63, 3.8) is 0 Å². The Hall–Kier alpha value is -2.08. The maximum absolute atomic E-state index is 12.5. The number of nitrogens with one attached hydrogen (secondary N) is 1. The second-order valence-electron chi connectivity index (χ2n) is 7.26. The van der Waals surface area contributed by atoms with Gasteiger partial charge in [-0.05, 0) is 48.6 Å². The molecule has 2 fully saturated rings. The number of amides is 2. The molecule has 2 amide bonds. The first-order valence-electron chi connectivity index (χ1n) is 8.83. The van der Waals surface area contributed by atoms with E-state index in [1.807, 2.05) is 52.5 Å². The predicted molar refractivity (Wildman–Crippen MR) is 97.8 cm³/mol. The highest BCUT2D eigenvalue weighted by Crippen LogP contribution is 2.49. The largest absolute Gasteiger partial charge is 0.356 e. The van der Waals surface area contributed by atoms with Crippen molar-refractivity contribution in [3.05, 3.63) is 46.4 Å². The van der Waals surface area contributed by atoms with Gasteiger partial charge in [0.2, 0.25) is 0 Å². The fourth-order valence-electron chi connectivity index (χ4n) is 4.11. The maximum atomic E-state index is 12.5. The fraction of sp³-hybridized carbons (Fsp3) is 0.474. The Morgan fingerprint density at radius 2 is 2.04 bits per heavy atom. The van der Waals surface area contributed by atoms with Gasteiger partial charge in [0.05, 0.1) is 10.4 Å². The van der Waals surface area contributed by atoms with E-state index in [4.69, 9.17) is 0 Å². The lowest BCUT2D eigenvalue weighted by Crippen LogP contribution is -2.59. The van der Waals surface area contributed by atoms with Gasteiger partial charge >= 0.3 is 0 Å². The second kappa shape index (κ2) is 6.33. The highest BCUT2D eigenvalue weighted by atomic mass is 32.1. The number of carbonyl (C=O) groups is 2. The van der Waals surface area contributed by atoms with Crippen molar-refractivity contribution < 1.29 is 9.59 Å². The summed E-state index contributed by atoms with van der Waals surface area (Å²) in [6.45, 7) is 1.57. The Morgan fingerprint density at radius 1 is 1.24 bits per heavy atom. The summed E-state index contributed by atoms with van der Waals surface area (Å²) < 4.78 is 1.89. The van der Waals surface area contributed by atoms with E-state index >= 15 is 0 Å². The molecule has 1 saturated carbocycles. The zero-order chi connectivity index (χ0) is 17.4. The molecule has 2 aliphatic rings. The minimum atomic E-state index is 0.0155. The highest BCUT2D eigenvalue weighted by Gasteiger charge is 2.49. The molecule has 0 radical (unpaired) electrons. The monoisotopic (exact) mass is 357 g/mol. The number of hydrogen-bond acceptors (Lipinski definition) is 3. The number of aromatic nitrogens is 1. The molecule has 2 aromatic rings. The average Bonchev–Trinajstić information content (AvgIpc) is 3.30. The summed E-state index contributed by atoms with van der Waals surface area (Å²) >= 11 is 1.50. The molecule has 132 valence electrons. The molecule has 0 bridgehead atoms.